The number of para-hydroxylation sites is 1. The summed E-state index contributed by atoms with van der Waals surface area (Å²) in [6.07, 6.45) is 0.646. The Morgan fingerprint density at radius 3 is 2.26 bits per heavy atom. The van der Waals surface area contributed by atoms with Crippen LogP contribution in [0.25, 0.3) is 0 Å². The summed E-state index contributed by atoms with van der Waals surface area (Å²) in [6.45, 7) is 1.50. The van der Waals surface area contributed by atoms with Gasteiger partial charge in [-0.3, -0.25) is 4.98 Å². The van der Waals surface area contributed by atoms with E-state index in [-0.39, 0.29) is 6.04 Å². The maximum Gasteiger partial charge on any atom is 0.416 e. The molecule has 0 radical (unpaired) electrons. The van der Waals surface area contributed by atoms with Crippen molar-refractivity contribution < 1.29 is 13.2 Å². The van der Waals surface area contributed by atoms with Crippen molar-refractivity contribution in [3.8, 4) is 6.07 Å². The van der Waals surface area contributed by atoms with Crippen molar-refractivity contribution in [2.45, 2.75) is 25.1 Å². The topological polar surface area (TPSA) is 43.2 Å². The number of benzene rings is 2. The van der Waals surface area contributed by atoms with E-state index in [1.54, 1.807) is 12.4 Å². The Balaban J connectivity index is 1.59. The standard InChI is InChI=1S/C24H21F3N4/c25-24(26,27)19-7-9-20(10-8-19)31(22-5-3-13-29-17-22)21-11-14-30(15-12-21)23-6-2-1-4-18(23)16-28/h1-10,13,17,21H,11-12,14-15H2. The van der Waals surface area contributed by atoms with E-state index < -0.39 is 11.7 Å². The third kappa shape index (κ3) is 4.48. The highest BCUT2D eigenvalue weighted by Crippen LogP contribution is 2.36. The van der Waals surface area contributed by atoms with Gasteiger partial charge in [0.1, 0.15) is 6.07 Å². The van der Waals surface area contributed by atoms with Crippen molar-refractivity contribution in [1.82, 2.24) is 4.98 Å². The number of halogens is 3. The molecule has 7 heteroatoms. The Morgan fingerprint density at radius 2 is 1.65 bits per heavy atom. The van der Waals surface area contributed by atoms with Crippen molar-refractivity contribution in [2.75, 3.05) is 22.9 Å². The molecule has 0 amide bonds. The minimum Gasteiger partial charge on any atom is -0.370 e. The van der Waals surface area contributed by atoms with E-state index in [1.165, 1.54) is 12.1 Å². The first-order valence-corrected chi connectivity index (χ1v) is 10.1. The maximum atomic E-state index is 13.0. The van der Waals surface area contributed by atoms with Crippen LogP contribution in [0.3, 0.4) is 0 Å². The number of nitriles is 1. The Morgan fingerprint density at radius 1 is 0.935 bits per heavy atom. The van der Waals surface area contributed by atoms with Gasteiger partial charge in [0.05, 0.1) is 28.7 Å². The lowest BCUT2D eigenvalue weighted by atomic mass is 9.99. The van der Waals surface area contributed by atoms with E-state index >= 15 is 0 Å². The molecule has 0 N–H and O–H groups in total. The monoisotopic (exact) mass is 422 g/mol. The van der Waals surface area contributed by atoms with Gasteiger partial charge in [0, 0.05) is 31.0 Å². The lowest BCUT2D eigenvalue weighted by molar-refractivity contribution is -0.137. The summed E-state index contributed by atoms with van der Waals surface area (Å²) < 4.78 is 39.0. The van der Waals surface area contributed by atoms with Gasteiger partial charge >= 0.3 is 6.18 Å². The van der Waals surface area contributed by atoms with Crippen molar-refractivity contribution in [3.63, 3.8) is 0 Å². The van der Waals surface area contributed by atoms with Gasteiger partial charge in [-0.15, -0.1) is 0 Å². The van der Waals surface area contributed by atoms with E-state index in [0.717, 1.165) is 49.4 Å². The average molecular weight is 422 g/mol. The van der Waals surface area contributed by atoms with Gasteiger partial charge < -0.3 is 9.80 Å². The second-order valence-corrected chi connectivity index (χ2v) is 7.47. The molecule has 1 aromatic heterocycles. The largest absolute Gasteiger partial charge is 0.416 e. The maximum absolute atomic E-state index is 13.0. The first-order chi connectivity index (χ1) is 15.0. The van der Waals surface area contributed by atoms with Crippen LogP contribution in [0.1, 0.15) is 24.0 Å². The van der Waals surface area contributed by atoms with E-state index in [0.29, 0.717) is 11.3 Å². The van der Waals surface area contributed by atoms with Gasteiger partial charge in [-0.05, 0) is 61.4 Å². The van der Waals surface area contributed by atoms with Crippen LogP contribution in [0, 0.1) is 11.3 Å². The molecule has 1 aliphatic rings. The van der Waals surface area contributed by atoms with E-state index in [9.17, 15) is 18.4 Å². The second-order valence-electron chi connectivity index (χ2n) is 7.47. The number of hydrogen-bond donors (Lipinski definition) is 0. The summed E-state index contributed by atoms with van der Waals surface area (Å²) in [5, 5.41) is 9.39. The highest BCUT2D eigenvalue weighted by Gasteiger charge is 2.31. The molecule has 2 aromatic carbocycles. The number of nitrogens with zero attached hydrogens (tertiary/aromatic N) is 4. The second kappa shape index (κ2) is 8.68. The molecule has 2 heterocycles. The molecular weight excluding hydrogens is 401 g/mol. The fourth-order valence-electron chi connectivity index (χ4n) is 4.09. The van der Waals surface area contributed by atoms with Gasteiger partial charge in [-0.2, -0.15) is 18.4 Å². The lowest BCUT2D eigenvalue weighted by Crippen LogP contribution is -2.43. The van der Waals surface area contributed by atoms with Crippen molar-refractivity contribution in [3.05, 3.63) is 84.2 Å². The summed E-state index contributed by atoms with van der Waals surface area (Å²) in [5.41, 5.74) is 2.46. The van der Waals surface area contributed by atoms with Crippen LogP contribution in [0.5, 0.6) is 0 Å². The van der Waals surface area contributed by atoms with Crippen LogP contribution in [0.15, 0.2) is 73.1 Å². The van der Waals surface area contributed by atoms with Crippen molar-refractivity contribution in [1.29, 1.82) is 5.26 Å². The summed E-state index contributed by atoms with van der Waals surface area (Å²) >= 11 is 0. The van der Waals surface area contributed by atoms with Crippen LogP contribution in [0.4, 0.5) is 30.2 Å². The molecule has 158 valence electrons. The smallest absolute Gasteiger partial charge is 0.370 e. The summed E-state index contributed by atoms with van der Waals surface area (Å²) in [4.78, 5) is 8.47. The molecule has 0 bridgehead atoms. The average Bonchev–Trinajstić information content (AvgIpc) is 2.80. The third-order valence-electron chi connectivity index (χ3n) is 5.59. The molecule has 0 saturated carbocycles. The fourth-order valence-corrected chi connectivity index (χ4v) is 4.09. The molecule has 4 rings (SSSR count). The molecule has 1 aliphatic heterocycles. The number of rotatable bonds is 4. The predicted molar refractivity (Wildman–Crippen MR) is 114 cm³/mol. The van der Waals surface area contributed by atoms with E-state index in [4.69, 9.17) is 0 Å². The van der Waals surface area contributed by atoms with Crippen molar-refractivity contribution in [2.24, 2.45) is 0 Å². The van der Waals surface area contributed by atoms with Crippen LogP contribution in [-0.2, 0) is 6.18 Å². The summed E-state index contributed by atoms with van der Waals surface area (Å²) in [7, 11) is 0. The van der Waals surface area contributed by atoms with Gasteiger partial charge in [0.25, 0.3) is 0 Å². The Hall–Kier alpha value is -3.53. The summed E-state index contributed by atoms with van der Waals surface area (Å²) in [5.74, 6) is 0. The molecule has 0 atom stereocenters. The van der Waals surface area contributed by atoms with E-state index in [2.05, 4.69) is 20.9 Å². The number of alkyl halides is 3. The molecule has 1 fully saturated rings. The highest BCUT2D eigenvalue weighted by molar-refractivity contribution is 5.65. The van der Waals surface area contributed by atoms with Crippen LogP contribution in [-0.4, -0.2) is 24.1 Å². The minimum atomic E-state index is -4.36. The first-order valence-electron chi connectivity index (χ1n) is 10.1. The van der Waals surface area contributed by atoms with Gasteiger partial charge in [-0.1, -0.05) is 12.1 Å². The molecule has 0 unspecified atom stereocenters. The Labute approximate surface area is 179 Å². The minimum absolute atomic E-state index is 0.103. The molecular formula is C24H21F3N4. The SMILES string of the molecule is N#Cc1ccccc1N1CCC(N(c2ccc(C(F)(F)F)cc2)c2cccnc2)CC1. The zero-order valence-electron chi connectivity index (χ0n) is 16.8. The Bertz CT molecular complexity index is 1050. The fraction of sp³-hybridized carbons (Fsp3) is 0.250. The number of aromatic nitrogens is 1. The summed E-state index contributed by atoms with van der Waals surface area (Å²) in [6, 6.07) is 18.9. The van der Waals surface area contributed by atoms with Gasteiger partial charge in [0.2, 0.25) is 0 Å². The number of piperidine rings is 1. The predicted octanol–water partition coefficient (Wildman–Crippen LogP) is 5.78. The van der Waals surface area contributed by atoms with Crippen molar-refractivity contribution >= 4 is 17.1 Å². The quantitative estimate of drug-likeness (QED) is 0.535. The molecule has 1 saturated heterocycles. The normalized spacial score (nSPS) is 14.8. The molecule has 0 aliphatic carbocycles. The van der Waals surface area contributed by atoms with Gasteiger partial charge in [-0.25, -0.2) is 0 Å². The molecule has 3 aromatic rings. The zero-order chi connectivity index (χ0) is 21.8. The number of anilines is 3. The third-order valence-corrected chi connectivity index (χ3v) is 5.59. The first kappa shape index (κ1) is 20.7. The lowest BCUT2D eigenvalue weighted by Gasteiger charge is -2.40. The molecule has 31 heavy (non-hydrogen) atoms. The number of hydrogen-bond acceptors (Lipinski definition) is 4. The van der Waals surface area contributed by atoms with Gasteiger partial charge in [0.15, 0.2) is 0 Å². The zero-order valence-corrected chi connectivity index (χ0v) is 16.8. The van der Waals surface area contributed by atoms with E-state index in [1.807, 2.05) is 36.4 Å². The molecule has 4 nitrogen and oxygen atoms in total. The van der Waals surface area contributed by atoms with Crippen LogP contribution < -0.4 is 9.80 Å². The molecule has 0 spiro atoms. The number of pyridine rings is 1. The Kier molecular flexibility index (Phi) is 5.81. The highest BCUT2D eigenvalue weighted by atomic mass is 19.4. The van der Waals surface area contributed by atoms with Crippen LogP contribution in [0.2, 0.25) is 0 Å². The van der Waals surface area contributed by atoms with Crippen LogP contribution >= 0.6 is 0 Å².